The van der Waals surface area contributed by atoms with E-state index >= 15 is 0 Å². The van der Waals surface area contributed by atoms with E-state index in [1.165, 1.54) is 30.4 Å². The molecule has 0 radical (unpaired) electrons. The quantitative estimate of drug-likeness (QED) is 0.864. The molecule has 0 bridgehead atoms. The Hall–Kier alpha value is -2.23. The minimum absolute atomic E-state index is 0.240. The van der Waals surface area contributed by atoms with Crippen LogP contribution in [0.1, 0.15) is 54.0 Å². The van der Waals surface area contributed by atoms with Crippen molar-refractivity contribution >= 4 is 5.91 Å². The van der Waals surface area contributed by atoms with E-state index in [1.54, 1.807) is 12.4 Å². The maximum absolute atomic E-state index is 12.8. The zero-order valence-electron chi connectivity index (χ0n) is 14.7. The molecule has 0 unspecified atom stereocenters. The highest BCUT2D eigenvalue weighted by Crippen LogP contribution is 2.26. The van der Waals surface area contributed by atoms with Crippen molar-refractivity contribution in [1.82, 2.24) is 14.9 Å². The first kappa shape index (κ1) is 16.2. The molecule has 1 aliphatic heterocycles. The number of benzene rings is 1. The number of fused-ring (bicyclic) bond motifs is 1. The standard InChI is InChI=1S/C21H25N3O/c25-21(13-16-7-8-17-4-1-2-5-18(17)12-16)24-11-3-6-19(15-24)20-14-22-9-10-23-20/h7-10,12,14,19H,1-6,11,13,15H2/t19-/m1/s1. The Morgan fingerprint density at radius 3 is 2.84 bits per heavy atom. The Morgan fingerprint density at radius 1 is 1.12 bits per heavy atom. The van der Waals surface area contributed by atoms with E-state index < -0.39 is 0 Å². The van der Waals surface area contributed by atoms with Gasteiger partial charge < -0.3 is 4.90 Å². The maximum atomic E-state index is 12.8. The molecule has 25 heavy (non-hydrogen) atoms. The summed E-state index contributed by atoms with van der Waals surface area (Å²) in [4.78, 5) is 23.4. The number of hydrogen-bond donors (Lipinski definition) is 0. The van der Waals surface area contributed by atoms with Crippen molar-refractivity contribution < 1.29 is 4.79 Å². The van der Waals surface area contributed by atoms with Crippen LogP contribution in [0.2, 0.25) is 0 Å². The number of rotatable bonds is 3. The highest BCUT2D eigenvalue weighted by atomic mass is 16.2. The van der Waals surface area contributed by atoms with Gasteiger partial charge in [-0.25, -0.2) is 0 Å². The fourth-order valence-electron chi connectivity index (χ4n) is 4.15. The van der Waals surface area contributed by atoms with Crippen LogP contribution in [0, 0.1) is 0 Å². The monoisotopic (exact) mass is 335 g/mol. The zero-order chi connectivity index (χ0) is 17.1. The van der Waals surface area contributed by atoms with Crippen molar-refractivity contribution in [3.63, 3.8) is 0 Å². The fraction of sp³-hybridized carbons (Fsp3) is 0.476. The molecule has 4 heteroatoms. The van der Waals surface area contributed by atoms with Gasteiger partial charge in [-0.2, -0.15) is 0 Å². The second-order valence-electron chi connectivity index (χ2n) is 7.30. The molecule has 2 aromatic rings. The molecule has 1 amide bonds. The largest absolute Gasteiger partial charge is 0.342 e. The van der Waals surface area contributed by atoms with Crippen LogP contribution in [-0.2, 0) is 24.1 Å². The molecule has 4 rings (SSSR count). The van der Waals surface area contributed by atoms with E-state index in [0.717, 1.165) is 43.6 Å². The van der Waals surface area contributed by atoms with Crippen LogP contribution < -0.4 is 0 Å². The molecule has 0 saturated carbocycles. The number of carbonyl (C=O) groups excluding carboxylic acids is 1. The van der Waals surface area contributed by atoms with Gasteiger partial charge in [0.1, 0.15) is 0 Å². The number of likely N-dealkylation sites (tertiary alicyclic amines) is 1. The van der Waals surface area contributed by atoms with E-state index in [2.05, 4.69) is 28.2 Å². The van der Waals surface area contributed by atoms with Crippen molar-refractivity contribution in [3.05, 3.63) is 59.2 Å². The summed E-state index contributed by atoms with van der Waals surface area (Å²) in [7, 11) is 0. The minimum atomic E-state index is 0.240. The van der Waals surface area contributed by atoms with Crippen molar-refractivity contribution in [1.29, 1.82) is 0 Å². The van der Waals surface area contributed by atoms with Crippen LogP contribution >= 0.6 is 0 Å². The van der Waals surface area contributed by atoms with E-state index in [-0.39, 0.29) is 5.91 Å². The lowest BCUT2D eigenvalue weighted by atomic mass is 9.89. The molecule has 1 atom stereocenters. The van der Waals surface area contributed by atoms with Crippen LogP contribution in [0.15, 0.2) is 36.8 Å². The Morgan fingerprint density at radius 2 is 2.00 bits per heavy atom. The van der Waals surface area contributed by atoms with Crippen LogP contribution in [0.4, 0.5) is 0 Å². The summed E-state index contributed by atoms with van der Waals surface area (Å²) in [6.07, 6.45) is 12.8. The molecule has 2 heterocycles. The number of aromatic nitrogens is 2. The Bertz CT molecular complexity index is 744. The average molecular weight is 335 g/mol. The van der Waals surface area contributed by atoms with Gasteiger partial charge in [0.05, 0.1) is 12.1 Å². The summed E-state index contributed by atoms with van der Waals surface area (Å²) < 4.78 is 0. The lowest BCUT2D eigenvalue weighted by Gasteiger charge is -2.32. The molecule has 1 fully saturated rings. The summed E-state index contributed by atoms with van der Waals surface area (Å²) in [5.41, 5.74) is 5.09. The molecule has 1 aromatic carbocycles. The number of aryl methyl sites for hydroxylation is 2. The molecule has 0 N–H and O–H groups in total. The SMILES string of the molecule is O=C(Cc1ccc2c(c1)CCCC2)N1CCC[C@@H](c2cnccn2)C1. The van der Waals surface area contributed by atoms with Crippen LogP contribution in [0.25, 0.3) is 0 Å². The number of nitrogens with zero attached hydrogens (tertiary/aromatic N) is 3. The molecule has 4 nitrogen and oxygen atoms in total. The average Bonchev–Trinajstić information content (AvgIpc) is 2.69. The molecule has 130 valence electrons. The maximum Gasteiger partial charge on any atom is 0.227 e. The minimum Gasteiger partial charge on any atom is -0.342 e. The Labute approximate surface area is 149 Å². The lowest BCUT2D eigenvalue weighted by molar-refractivity contribution is -0.131. The van der Waals surface area contributed by atoms with E-state index in [0.29, 0.717) is 12.3 Å². The van der Waals surface area contributed by atoms with Gasteiger partial charge in [-0.15, -0.1) is 0 Å². The third kappa shape index (κ3) is 3.73. The van der Waals surface area contributed by atoms with E-state index in [1.807, 2.05) is 11.1 Å². The molecule has 1 aromatic heterocycles. The van der Waals surface area contributed by atoms with Crippen molar-refractivity contribution in [3.8, 4) is 0 Å². The summed E-state index contributed by atoms with van der Waals surface area (Å²) in [6, 6.07) is 6.64. The summed E-state index contributed by atoms with van der Waals surface area (Å²) in [5.74, 6) is 0.555. The summed E-state index contributed by atoms with van der Waals surface area (Å²) in [6.45, 7) is 1.63. The van der Waals surface area contributed by atoms with Gasteiger partial charge in [-0.1, -0.05) is 18.2 Å². The topological polar surface area (TPSA) is 46.1 Å². The van der Waals surface area contributed by atoms with Gasteiger partial charge in [-0.3, -0.25) is 14.8 Å². The molecule has 0 spiro atoms. The molecule has 1 aliphatic carbocycles. The number of carbonyl (C=O) groups is 1. The summed E-state index contributed by atoms with van der Waals surface area (Å²) in [5, 5.41) is 0. The molecule has 2 aliphatic rings. The van der Waals surface area contributed by atoms with Gasteiger partial charge in [-0.05, 0) is 55.2 Å². The van der Waals surface area contributed by atoms with Gasteiger partial charge in [0.15, 0.2) is 0 Å². The van der Waals surface area contributed by atoms with Crippen LogP contribution in [-0.4, -0.2) is 33.9 Å². The highest BCUT2D eigenvalue weighted by Gasteiger charge is 2.25. The zero-order valence-corrected chi connectivity index (χ0v) is 14.7. The number of piperidine rings is 1. The highest BCUT2D eigenvalue weighted by molar-refractivity contribution is 5.79. The second-order valence-corrected chi connectivity index (χ2v) is 7.30. The first-order valence-electron chi connectivity index (χ1n) is 9.44. The number of hydrogen-bond acceptors (Lipinski definition) is 3. The van der Waals surface area contributed by atoms with Gasteiger partial charge in [0.2, 0.25) is 5.91 Å². The van der Waals surface area contributed by atoms with Crippen molar-refractivity contribution in [2.45, 2.75) is 50.9 Å². The smallest absolute Gasteiger partial charge is 0.227 e. The van der Waals surface area contributed by atoms with Gasteiger partial charge in [0, 0.05) is 37.6 Å². The molecular formula is C21H25N3O. The van der Waals surface area contributed by atoms with Crippen molar-refractivity contribution in [2.75, 3.05) is 13.1 Å². The predicted octanol–water partition coefficient (Wildman–Crippen LogP) is 3.30. The normalized spacial score (nSPS) is 20.2. The fourth-order valence-corrected chi connectivity index (χ4v) is 4.15. The van der Waals surface area contributed by atoms with E-state index in [9.17, 15) is 4.79 Å². The lowest BCUT2D eigenvalue weighted by Crippen LogP contribution is -2.40. The van der Waals surface area contributed by atoms with Crippen LogP contribution in [0.3, 0.4) is 0 Å². The first-order valence-corrected chi connectivity index (χ1v) is 9.44. The third-order valence-electron chi connectivity index (χ3n) is 5.54. The number of amides is 1. The van der Waals surface area contributed by atoms with E-state index in [4.69, 9.17) is 0 Å². The Balaban J connectivity index is 1.42. The van der Waals surface area contributed by atoms with Gasteiger partial charge >= 0.3 is 0 Å². The molecule has 1 saturated heterocycles. The summed E-state index contributed by atoms with van der Waals surface area (Å²) >= 11 is 0. The second kappa shape index (κ2) is 7.34. The van der Waals surface area contributed by atoms with Crippen LogP contribution in [0.5, 0.6) is 0 Å². The first-order chi connectivity index (χ1) is 12.3. The van der Waals surface area contributed by atoms with Gasteiger partial charge in [0.25, 0.3) is 0 Å². The third-order valence-corrected chi connectivity index (χ3v) is 5.54. The Kier molecular flexibility index (Phi) is 4.77. The van der Waals surface area contributed by atoms with Crippen molar-refractivity contribution in [2.24, 2.45) is 0 Å². The predicted molar refractivity (Wildman–Crippen MR) is 97.4 cm³/mol. The molecular weight excluding hydrogens is 310 g/mol.